The molecule has 4 N–H and O–H groups in total. The van der Waals surface area contributed by atoms with Gasteiger partial charge in [0.2, 0.25) is 5.95 Å². The van der Waals surface area contributed by atoms with Crippen molar-refractivity contribution in [3.63, 3.8) is 0 Å². The maximum atomic E-state index is 13.8. The molecule has 7 heteroatoms. The van der Waals surface area contributed by atoms with Crippen LogP contribution in [0.2, 0.25) is 0 Å². The van der Waals surface area contributed by atoms with Crippen LogP contribution in [-0.2, 0) is 0 Å². The number of hydrogen-bond donors (Lipinski definition) is 3. The minimum absolute atomic E-state index is 0.0161. The largest absolute Gasteiger partial charge is 0.351 e. The first-order valence-corrected chi connectivity index (χ1v) is 12.5. The van der Waals surface area contributed by atoms with Gasteiger partial charge in [-0.2, -0.15) is 4.98 Å². The number of carbonyl (C=O) groups excluding carboxylic acids is 1. The third-order valence-electron chi connectivity index (χ3n) is 7.16. The van der Waals surface area contributed by atoms with Crippen LogP contribution in [0.25, 0.3) is 10.8 Å². The van der Waals surface area contributed by atoms with Crippen molar-refractivity contribution in [1.82, 2.24) is 15.3 Å². The lowest BCUT2D eigenvalue weighted by molar-refractivity contribution is 0.0980. The Balaban J connectivity index is 1.41. The zero-order valence-electron chi connectivity index (χ0n) is 19.6. The first-order chi connectivity index (χ1) is 16.7. The van der Waals surface area contributed by atoms with E-state index < -0.39 is 0 Å². The van der Waals surface area contributed by atoms with Gasteiger partial charge in [-0.1, -0.05) is 30.3 Å². The van der Waals surface area contributed by atoms with E-state index in [4.69, 9.17) is 10.7 Å². The number of piperidine rings is 1. The number of rotatable bonds is 6. The summed E-state index contributed by atoms with van der Waals surface area (Å²) in [6.45, 7) is 2.63. The highest BCUT2D eigenvalue weighted by Gasteiger charge is 2.25. The average molecular weight is 459 g/mol. The minimum Gasteiger partial charge on any atom is -0.351 e. The molecule has 0 spiro atoms. The lowest BCUT2D eigenvalue weighted by Crippen LogP contribution is -2.40. The van der Waals surface area contributed by atoms with Crippen molar-refractivity contribution >= 4 is 28.4 Å². The van der Waals surface area contributed by atoms with Gasteiger partial charge in [-0.3, -0.25) is 9.69 Å². The van der Waals surface area contributed by atoms with Gasteiger partial charge in [0.05, 0.1) is 0 Å². The molecule has 1 saturated carbocycles. The van der Waals surface area contributed by atoms with E-state index in [1.165, 1.54) is 0 Å². The minimum atomic E-state index is -0.0161. The van der Waals surface area contributed by atoms with Crippen LogP contribution in [0.3, 0.4) is 0 Å². The molecule has 1 amide bonds. The molecule has 178 valence electrons. The predicted octanol–water partition coefficient (Wildman–Crippen LogP) is 3.96. The van der Waals surface area contributed by atoms with E-state index >= 15 is 0 Å². The maximum absolute atomic E-state index is 13.8. The van der Waals surface area contributed by atoms with Gasteiger partial charge < -0.3 is 16.4 Å². The second-order valence-corrected chi connectivity index (χ2v) is 9.67. The molecule has 0 bridgehead atoms. The van der Waals surface area contributed by atoms with E-state index in [0.717, 1.165) is 62.4 Å². The van der Waals surface area contributed by atoms with E-state index in [-0.39, 0.29) is 5.91 Å². The number of amides is 1. The zero-order chi connectivity index (χ0) is 23.3. The number of aromatic nitrogens is 2. The highest BCUT2D eigenvalue weighted by molar-refractivity contribution is 6.07. The summed E-state index contributed by atoms with van der Waals surface area (Å²) in [6.07, 6.45) is 7.93. The number of nitrogens with two attached hydrogens (primary N) is 1. The van der Waals surface area contributed by atoms with Gasteiger partial charge in [0.25, 0.3) is 5.91 Å². The van der Waals surface area contributed by atoms with Crippen LogP contribution >= 0.6 is 0 Å². The fourth-order valence-corrected chi connectivity index (χ4v) is 5.10. The van der Waals surface area contributed by atoms with Gasteiger partial charge in [0.15, 0.2) is 0 Å². The lowest BCUT2D eigenvalue weighted by Gasteiger charge is -2.30. The summed E-state index contributed by atoms with van der Waals surface area (Å²) in [5.74, 6) is 1.66. The molecule has 2 heterocycles. The molecule has 1 aromatic heterocycles. The Labute approximate surface area is 201 Å². The molecule has 2 aromatic carbocycles. The van der Waals surface area contributed by atoms with Crippen LogP contribution in [0.5, 0.6) is 0 Å². The maximum Gasteiger partial charge on any atom is 0.259 e. The molecule has 0 radical (unpaired) electrons. The van der Waals surface area contributed by atoms with Gasteiger partial charge in [-0.25, -0.2) is 4.98 Å². The topological polar surface area (TPSA) is 96.2 Å². The highest BCUT2D eigenvalue weighted by atomic mass is 16.2. The summed E-state index contributed by atoms with van der Waals surface area (Å²) in [5, 5.41) is 9.09. The second kappa shape index (κ2) is 10.5. The Kier molecular flexibility index (Phi) is 7.02. The fourth-order valence-electron chi connectivity index (χ4n) is 5.10. The van der Waals surface area contributed by atoms with Crippen LogP contribution in [0.1, 0.15) is 48.9 Å². The summed E-state index contributed by atoms with van der Waals surface area (Å²) in [5.41, 5.74) is 6.74. The Hall–Kier alpha value is -3.03. The molecule has 2 fully saturated rings. The summed E-state index contributed by atoms with van der Waals surface area (Å²) < 4.78 is 0. The van der Waals surface area contributed by atoms with Crippen LogP contribution in [-0.4, -0.2) is 47.6 Å². The second-order valence-electron chi connectivity index (χ2n) is 9.67. The van der Waals surface area contributed by atoms with Gasteiger partial charge in [-0.05, 0) is 86.5 Å². The van der Waals surface area contributed by atoms with Crippen molar-refractivity contribution in [1.29, 1.82) is 0 Å². The van der Waals surface area contributed by atoms with E-state index in [2.05, 4.69) is 21.7 Å². The van der Waals surface area contributed by atoms with Gasteiger partial charge >= 0.3 is 0 Å². The quantitative estimate of drug-likeness (QED) is 0.517. The predicted molar refractivity (Wildman–Crippen MR) is 137 cm³/mol. The summed E-state index contributed by atoms with van der Waals surface area (Å²) in [7, 11) is 0. The van der Waals surface area contributed by atoms with Crippen molar-refractivity contribution in [2.45, 2.75) is 50.6 Å². The third-order valence-corrected chi connectivity index (χ3v) is 7.16. The van der Waals surface area contributed by atoms with Crippen molar-refractivity contribution in [3.05, 3.63) is 60.3 Å². The summed E-state index contributed by atoms with van der Waals surface area (Å²) in [4.78, 5) is 24.9. The van der Waals surface area contributed by atoms with E-state index in [1.807, 2.05) is 47.4 Å². The Morgan fingerprint density at radius 1 is 1.00 bits per heavy atom. The molecule has 7 nitrogen and oxygen atoms in total. The van der Waals surface area contributed by atoms with Crippen molar-refractivity contribution in [3.8, 4) is 0 Å². The van der Waals surface area contributed by atoms with E-state index in [9.17, 15) is 4.79 Å². The van der Waals surface area contributed by atoms with Crippen molar-refractivity contribution < 1.29 is 4.79 Å². The molecule has 2 aliphatic rings. The number of anilines is 2. The third kappa shape index (κ3) is 5.37. The number of nitrogens with zero attached hydrogens (tertiary/aromatic N) is 3. The lowest BCUT2D eigenvalue weighted by atomic mass is 9.92. The normalized spacial score (nSPS) is 21.3. The molecule has 5 rings (SSSR count). The molecule has 1 aliphatic heterocycles. The Bertz CT molecular complexity index is 1120. The van der Waals surface area contributed by atoms with Crippen LogP contribution in [0.15, 0.2) is 54.7 Å². The zero-order valence-corrected chi connectivity index (χ0v) is 19.6. The van der Waals surface area contributed by atoms with E-state index in [0.29, 0.717) is 41.9 Å². The molecular formula is C27H34N6O. The molecule has 34 heavy (non-hydrogen) atoms. The van der Waals surface area contributed by atoms with Gasteiger partial charge in [0, 0.05) is 30.4 Å². The molecular weight excluding hydrogens is 424 g/mol. The van der Waals surface area contributed by atoms with Gasteiger partial charge in [0.1, 0.15) is 5.82 Å². The Morgan fingerprint density at radius 3 is 2.56 bits per heavy atom. The number of nitrogens with one attached hydrogen (secondary N) is 2. The fraction of sp³-hybridized carbons (Fsp3) is 0.444. The first-order valence-electron chi connectivity index (χ1n) is 12.5. The highest BCUT2D eigenvalue weighted by Crippen LogP contribution is 2.25. The molecule has 0 atom stereocenters. The number of fused-ring (bicyclic) bond motifs is 1. The SMILES string of the molecule is NC1CCC(Nc2nccc(N(CC3CCNCC3)C(=O)c3ccc4ccccc4c3)n2)CC1. The smallest absolute Gasteiger partial charge is 0.259 e. The molecule has 1 aliphatic carbocycles. The van der Waals surface area contributed by atoms with Gasteiger partial charge in [-0.15, -0.1) is 0 Å². The van der Waals surface area contributed by atoms with Crippen molar-refractivity contribution in [2.75, 3.05) is 29.9 Å². The number of benzene rings is 2. The first kappa shape index (κ1) is 22.7. The summed E-state index contributed by atoms with van der Waals surface area (Å²) >= 11 is 0. The van der Waals surface area contributed by atoms with Crippen LogP contribution in [0, 0.1) is 5.92 Å². The summed E-state index contributed by atoms with van der Waals surface area (Å²) in [6, 6.07) is 16.5. The monoisotopic (exact) mass is 458 g/mol. The number of carbonyl (C=O) groups is 1. The molecule has 0 unspecified atom stereocenters. The number of hydrogen-bond acceptors (Lipinski definition) is 6. The molecule has 3 aromatic rings. The standard InChI is InChI=1S/C27H34N6O/c28-23-7-9-24(10-8-23)31-27-30-16-13-25(32-27)33(18-19-11-14-29-15-12-19)26(34)22-6-5-20-3-1-2-4-21(20)17-22/h1-6,13,16-17,19,23-24,29H,7-12,14-15,18,28H2,(H,30,31,32). The van der Waals surface area contributed by atoms with Crippen molar-refractivity contribution in [2.24, 2.45) is 11.7 Å². The van der Waals surface area contributed by atoms with Crippen LogP contribution in [0.4, 0.5) is 11.8 Å². The van der Waals surface area contributed by atoms with Crippen LogP contribution < -0.4 is 21.3 Å². The molecule has 1 saturated heterocycles. The average Bonchev–Trinajstić information content (AvgIpc) is 2.89. The Morgan fingerprint density at radius 2 is 1.76 bits per heavy atom. The van der Waals surface area contributed by atoms with E-state index in [1.54, 1.807) is 6.20 Å².